The van der Waals surface area contributed by atoms with Crippen molar-refractivity contribution < 1.29 is 75.8 Å². The number of amides is 2. The first-order valence-corrected chi connectivity index (χ1v) is 14.2. The van der Waals surface area contributed by atoms with Crippen LogP contribution < -0.4 is 15.0 Å². The van der Waals surface area contributed by atoms with Crippen LogP contribution in [0.4, 0.5) is 72.8 Å². The molecule has 49 heavy (non-hydrogen) atoms. The minimum absolute atomic E-state index is 0.178. The number of nitrogens with zero attached hydrogens (tertiary/aromatic N) is 1. The molecule has 2 amide bonds. The fourth-order valence-electron chi connectivity index (χ4n) is 4.49. The fraction of sp³-hybridized carbons (Fsp3) is 0.310. The molecule has 1 aliphatic carbocycles. The van der Waals surface area contributed by atoms with E-state index in [-0.39, 0.29) is 24.1 Å². The molecule has 1 aliphatic rings. The Morgan fingerprint density at radius 1 is 0.816 bits per heavy atom. The molecular weight excluding hydrogens is 770 g/mol. The van der Waals surface area contributed by atoms with Gasteiger partial charge in [-0.25, -0.2) is 8.78 Å². The zero-order valence-electron chi connectivity index (χ0n) is 23.7. The van der Waals surface area contributed by atoms with Crippen molar-refractivity contribution in [3.63, 3.8) is 0 Å². The molecule has 5 nitrogen and oxygen atoms in total. The van der Waals surface area contributed by atoms with Crippen molar-refractivity contribution in [2.24, 2.45) is 5.92 Å². The van der Waals surface area contributed by atoms with Gasteiger partial charge in [-0.2, -0.15) is 39.5 Å². The maximum atomic E-state index is 15.9. The van der Waals surface area contributed by atoms with Gasteiger partial charge in [-0.1, -0.05) is 6.07 Å². The van der Waals surface area contributed by atoms with Crippen LogP contribution in [-0.4, -0.2) is 37.1 Å². The van der Waals surface area contributed by atoms with Crippen LogP contribution >= 0.6 is 15.9 Å². The molecule has 1 N–H and O–H groups in total. The van der Waals surface area contributed by atoms with Gasteiger partial charge in [0.25, 0.3) is 11.8 Å². The average Bonchev–Trinajstić information content (AvgIpc) is 3.79. The summed E-state index contributed by atoms with van der Waals surface area (Å²) in [6, 6.07) is 4.79. The third kappa shape index (κ3) is 8.04. The number of halogens is 15. The van der Waals surface area contributed by atoms with Gasteiger partial charge in [-0.05, 0) is 83.2 Å². The van der Waals surface area contributed by atoms with E-state index < -0.39 is 92.5 Å². The first-order valence-electron chi connectivity index (χ1n) is 13.4. The van der Waals surface area contributed by atoms with E-state index in [2.05, 4.69) is 20.7 Å². The van der Waals surface area contributed by atoms with E-state index in [1.54, 1.807) is 5.32 Å². The van der Waals surface area contributed by atoms with E-state index in [0.717, 1.165) is 35.2 Å². The Morgan fingerprint density at radius 3 is 1.88 bits per heavy atom. The molecule has 1 fully saturated rings. The summed E-state index contributed by atoms with van der Waals surface area (Å²) in [5.74, 6) is -6.29. The Balaban J connectivity index is 1.75. The number of benzene rings is 3. The van der Waals surface area contributed by atoms with Crippen molar-refractivity contribution in [1.82, 2.24) is 0 Å². The van der Waals surface area contributed by atoms with Gasteiger partial charge in [0.15, 0.2) is 11.6 Å². The summed E-state index contributed by atoms with van der Waals surface area (Å²) in [5, 5.41) is 1.67. The minimum atomic E-state index is -6.74. The van der Waals surface area contributed by atoms with Crippen molar-refractivity contribution >= 4 is 39.1 Å². The van der Waals surface area contributed by atoms with Crippen LogP contribution in [-0.2, 0) is 11.8 Å². The summed E-state index contributed by atoms with van der Waals surface area (Å²) in [7, 11) is 0. The molecule has 0 unspecified atom stereocenters. The Morgan fingerprint density at radius 2 is 1.39 bits per heavy atom. The zero-order chi connectivity index (χ0) is 36.9. The average molecular weight is 787 g/mol. The number of alkyl halides is 13. The molecule has 0 aromatic heterocycles. The second-order valence-corrected chi connectivity index (χ2v) is 11.4. The number of carbonyl (C=O) groups excluding carboxylic acids is 2. The lowest BCUT2D eigenvalue weighted by Gasteiger charge is -2.31. The van der Waals surface area contributed by atoms with Crippen LogP contribution in [0.3, 0.4) is 0 Å². The lowest BCUT2D eigenvalue weighted by atomic mass is 9.93. The number of hydrogen-bond donors (Lipinski definition) is 1. The maximum absolute atomic E-state index is 15.9. The standard InChI is InChI=1S/C29H17BrF14N2O3/c30-18-10-16(25(32,27(36,37)38)28(39,40)41)11-20(49-29(42,43)44)22(18)45-23(47)17-2-1-3-19(21(17)31)46(12-13-4-5-13)24(48)14-6-8-15(9-7-14)26(33,34)35/h1-3,6-11,13H,4-5,12H2,(H,45,47). The molecule has 1 saturated carbocycles. The quantitative estimate of drug-likeness (QED) is 0.232. The van der Waals surface area contributed by atoms with Gasteiger partial charge in [0.2, 0.25) is 0 Å². The number of anilines is 2. The predicted molar refractivity (Wildman–Crippen MR) is 146 cm³/mol. The highest BCUT2D eigenvalue weighted by Crippen LogP contribution is 2.55. The van der Waals surface area contributed by atoms with E-state index >= 15 is 4.39 Å². The Labute approximate surface area is 273 Å². The molecule has 20 heteroatoms. The summed E-state index contributed by atoms with van der Waals surface area (Å²) in [4.78, 5) is 27.3. The van der Waals surface area contributed by atoms with Crippen LogP contribution in [0.2, 0.25) is 0 Å². The molecule has 4 rings (SSSR count). The molecule has 0 heterocycles. The third-order valence-corrected chi connectivity index (χ3v) is 7.68. The van der Waals surface area contributed by atoms with E-state index in [0.29, 0.717) is 25.0 Å². The fourth-order valence-corrected chi connectivity index (χ4v) is 5.03. The topological polar surface area (TPSA) is 58.6 Å². The smallest absolute Gasteiger partial charge is 0.404 e. The van der Waals surface area contributed by atoms with Crippen molar-refractivity contribution in [1.29, 1.82) is 0 Å². The molecule has 0 atom stereocenters. The lowest BCUT2D eigenvalue weighted by molar-refractivity contribution is -0.348. The molecule has 0 aliphatic heterocycles. The van der Waals surface area contributed by atoms with Crippen LogP contribution in [0.15, 0.2) is 59.1 Å². The van der Waals surface area contributed by atoms with Crippen molar-refractivity contribution in [3.8, 4) is 5.75 Å². The Kier molecular flexibility index (Phi) is 9.99. The molecule has 0 saturated heterocycles. The highest BCUT2D eigenvalue weighted by Gasteiger charge is 2.73. The molecule has 0 bridgehead atoms. The number of hydrogen-bond acceptors (Lipinski definition) is 3. The van der Waals surface area contributed by atoms with Crippen LogP contribution in [0, 0.1) is 11.7 Å². The maximum Gasteiger partial charge on any atom is 0.573 e. The number of nitrogens with one attached hydrogen (secondary N) is 1. The van der Waals surface area contributed by atoms with Gasteiger partial charge in [-0.15, -0.1) is 13.2 Å². The SMILES string of the molecule is O=C(Nc1c(Br)cc(C(F)(C(F)(F)F)C(F)(F)F)cc1OC(F)(F)F)c1cccc(N(CC2CC2)C(=O)c2ccc(C(F)(F)F)cc2)c1F. The minimum Gasteiger partial charge on any atom is -0.404 e. The second kappa shape index (κ2) is 13.0. The van der Waals surface area contributed by atoms with E-state index in [1.165, 1.54) is 0 Å². The summed E-state index contributed by atoms with van der Waals surface area (Å²) < 4.78 is 191. The van der Waals surface area contributed by atoms with Gasteiger partial charge in [0.1, 0.15) is 0 Å². The first-order chi connectivity index (χ1) is 22.3. The van der Waals surface area contributed by atoms with Crippen molar-refractivity contribution in [2.45, 2.75) is 43.4 Å². The molecule has 0 radical (unpaired) electrons. The van der Waals surface area contributed by atoms with Gasteiger partial charge >= 0.3 is 30.6 Å². The zero-order valence-corrected chi connectivity index (χ0v) is 25.3. The normalized spacial score (nSPS) is 14.4. The van der Waals surface area contributed by atoms with Gasteiger partial charge in [0, 0.05) is 22.1 Å². The number of rotatable bonds is 8. The summed E-state index contributed by atoms with van der Waals surface area (Å²) in [6.45, 7) is -0.179. The van der Waals surface area contributed by atoms with E-state index in [4.69, 9.17) is 0 Å². The highest BCUT2D eigenvalue weighted by molar-refractivity contribution is 9.10. The van der Waals surface area contributed by atoms with Crippen molar-refractivity contribution in [3.05, 3.63) is 87.1 Å². The number of carbonyl (C=O) groups is 2. The number of ether oxygens (including phenoxy) is 1. The monoisotopic (exact) mass is 786 g/mol. The van der Waals surface area contributed by atoms with Gasteiger partial charge in [0.05, 0.1) is 22.5 Å². The van der Waals surface area contributed by atoms with Crippen LogP contribution in [0.1, 0.15) is 44.7 Å². The summed E-state index contributed by atoms with van der Waals surface area (Å²) in [5.41, 5.74) is -13.0. The second-order valence-electron chi connectivity index (χ2n) is 10.6. The predicted octanol–water partition coefficient (Wildman–Crippen LogP) is 10.1. The van der Waals surface area contributed by atoms with Gasteiger partial charge in [-0.3, -0.25) is 9.59 Å². The summed E-state index contributed by atoms with van der Waals surface area (Å²) in [6.07, 6.45) is -22.9. The summed E-state index contributed by atoms with van der Waals surface area (Å²) >= 11 is 2.40. The molecular formula is C29H17BrF14N2O3. The van der Waals surface area contributed by atoms with Gasteiger partial charge < -0.3 is 15.0 Å². The van der Waals surface area contributed by atoms with Crippen molar-refractivity contribution in [2.75, 3.05) is 16.8 Å². The Hall–Kier alpha value is -4.10. The molecule has 3 aromatic rings. The molecule has 3 aromatic carbocycles. The first kappa shape index (κ1) is 37.7. The van der Waals surface area contributed by atoms with E-state index in [9.17, 15) is 66.7 Å². The Bertz CT molecular complexity index is 1720. The highest BCUT2D eigenvalue weighted by atomic mass is 79.9. The third-order valence-electron chi connectivity index (χ3n) is 7.05. The lowest BCUT2D eigenvalue weighted by Crippen LogP contribution is -2.50. The molecule has 266 valence electrons. The van der Waals surface area contributed by atoms with Crippen LogP contribution in [0.5, 0.6) is 5.75 Å². The van der Waals surface area contributed by atoms with Crippen LogP contribution in [0.25, 0.3) is 0 Å². The van der Waals surface area contributed by atoms with E-state index in [1.807, 2.05) is 0 Å². The molecule has 0 spiro atoms. The largest absolute Gasteiger partial charge is 0.573 e.